The smallest absolute Gasteiger partial charge is 0.258 e. The Labute approximate surface area is 186 Å². The molecule has 0 saturated heterocycles. The van der Waals surface area contributed by atoms with Crippen molar-refractivity contribution >= 4 is 40.6 Å². The highest BCUT2D eigenvalue weighted by Crippen LogP contribution is 2.44. The third-order valence-corrected chi connectivity index (χ3v) is 6.70. The van der Waals surface area contributed by atoms with E-state index >= 15 is 0 Å². The van der Waals surface area contributed by atoms with Crippen LogP contribution in [0.1, 0.15) is 11.1 Å². The van der Waals surface area contributed by atoms with E-state index in [9.17, 15) is 10.1 Å². The van der Waals surface area contributed by atoms with Gasteiger partial charge in [0.1, 0.15) is 22.1 Å². The predicted molar refractivity (Wildman–Crippen MR) is 122 cm³/mol. The Hall–Kier alpha value is -3.49. The first kappa shape index (κ1) is 19.5. The lowest BCUT2D eigenvalue weighted by Gasteiger charge is -2.09. The van der Waals surface area contributed by atoms with Crippen molar-refractivity contribution in [3.63, 3.8) is 0 Å². The van der Waals surface area contributed by atoms with E-state index in [1.807, 2.05) is 54.6 Å². The maximum absolute atomic E-state index is 11.1. The van der Waals surface area contributed by atoms with Crippen molar-refractivity contribution in [3.05, 3.63) is 106 Å². The van der Waals surface area contributed by atoms with Crippen LogP contribution in [0.5, 0.6) is 0 Å². The van der Waals surface area contributed by atoms with Crippen LogP contribution in [0.4, 0.5) is 11.4 Å². The number of aliphatic imine (C=N–C) groups is 1. The normalized spacial score (nSPS) is 12.3. The number of non-ortho nitro benzene ring substituents is 1. The summed E-state index contributed by atoms with van der Waals surface area (Å²) in [5.41, 5.74) is 3.23. The number of rotatable bonds is 4. The van der Waals surface area contributed by atoms with Gasteiger partial charge in [0.05, 0.1) is 10.6 Å². The van der Waals surface area contributed by atoms with Crippen molar-refractivity contribution < 1.29 is 4.92 Å². The van der Waals surface area contributed by atoms with Crippen molar-refractivity contribution in [1.29, 1.82) is 0 Å². The lowest BCUT2D eigenvalue weighted by Crippen LogP contribution is -2.04. The number of hydrogen-bond acceptors (Lipinski definition) is 7. The predicted octanol–water partition coefficient (Wildman–Crippen LogP) is 6.17. The topological polar surface area (TPSA) is 81.3 Å². The zero-order chi connectivity index (χ0) is 21.2. The third kappa shape index (κ3) is 3.95. The molecule has 150 valence electrons. The van der Waals surface area contributed by atoms with E-state index in [0.717, 1.165) is 36.7 Å². The summed E-state index contributed by atoms with van der Waals surface area (Å²) in [4.78, 5) is 26.7. The fraction of sp³-hybridized carbons (Fsp3) is 0. The van der Waals surface area contributed by atoms with E-state index in [-0.39, 0.29) is 5.69 Å². The van der Waals surface area contributed by atoms with Crippen LogP contribution in [0.2, 0.25) is 0 Å². The molecule has 0 saturated carbocycles. The Balaban J connectivity index is 1.68. The molecule has 6 nitrogen and oxygen atoms in total. The highest BCUT2D eigenvalue weighted by molar-refractivity contribution is 8.00. The maximum atomic E-state index is 11.1. The number of hydrogen-bond donors (Lipinski definition) is 0. The van der Waals surface area contributed by atoms with E-state index in [4.69, 9.17) is 4.99 Å². The first-order chi connectivity index (χ1) is 15.2. The molecule has 0 unspecified atom stereocenters. The molecular formula is C23H14N4O2S2. The van der Waals surface area contributed by atoms with E-state index < -0.39 is 4.92 Å². The molecule has 4 aromatic rings. The molecule has 0 spiro atoms. The summed E-state index contributed by atoms with van der Waals surface area (Å²) in [6.07, 6.45) is 1.56. The number of nitro benzene ring substituents is 1. The molecule has 3 aromatic carbocycles. The van der Waals surface area contributed by atoms with Gasteiger partial charge in [-0.3, -0.25) is 10.1 Å². The van der Waals surface area contributed by atoms with Crippen molar-refractivity contribution in [1.82, 2.24) is 9.97 Å². The summed E-state index contributed by atoms with van der Waals surface area (Å²) in [6, 6.07) is 24.4. The fourth-order valence-electron chi connectivity index (χ4n) is 3.18. The van der Waals surface area contributed by atoms with Gasteiger partial charge in [-0.05, 0) is 30.3 Å². The van der Waals surface area contributed by atoms with Gasteiger partial charge in [0.15, 0.2) is 0 Å². The van der Waals surface area contributed by atoms with Crippen LogP contribution in [-0.2, 0) is 0 Å². The van der Waals surface area contributed by atoms with Crippen LogP contribution in [0, 0.1) is 10.1 Å². The lowest BCUT2D eigenvalue weighted by molar-refractivity contribution is -0.384. The average Bonchev–Trinajstić information content (AvgIpc) is 2.97. The minimum atomic E-state index is -0.403. The van der Waals surface area contributed by atoms with Crippen LogP contribution in [-0.4, -0.2) is 20.6 Å². The zero-order valence-corrected chi connectivity index (χ0v) is 17.6. The molecule has 0 atom stereocenters. The largest absolute Gasteiger partial charge is 0.269 e. The van der Waals surface area contributed by atoms with Gasteiger partial charge < -0.3 is 0 Å². The molecule has 0 amide bonds. The molecular weight excluding hydrogens is 428 g/mol. The number of aromatic nitrogens is 2. The summed E-state index contributed by atoms with van der Waals surface area (Å²) < 4.78 is 0. The van der Waals surface area contributed by atoms with Gasteiger partial charge in [-0.15, -0.1) is 0 Å². The molecule has 0 radical (unpaired) electrons. The molecule has 1 aromatic heterocycles. The second-order valence-corrected chi connectivity index (χ2v) is 8.70. The van der Waals surface area contributed by atoms with Crippen molar-refractivity contribution in [2.24, 2.45) is 4.99 Å². The molecule has 31 heavy (non-hydrogen) atoms. The van der Waals surface area contributed by atoms with E-state index in [0.29, 0.717) is 5.69 Å². The lowest BCUT2D eigenvalue weighted by atomic mass is 10.0. The summed E-state index contributed by atoms with van der Waals surface area (Å²) in [5, 5.41) is 12.6. The minimum Gasteiger partial charge on any atom is -0.258 e. The van der Waals surface area contributed by atoms with Crippen molar-refractivity contribution in [2.75, 3.05) is 0 Å². The Morgan fingerprint density at radius 2 is 1.61 bits per heavy atom. The van der Waals surface area contributed by atoms with E-state index in [1.54, 1.807) is 30.2 Å². The van der Waals surface area contributed by atoms with Gasteiger partial charge in [-0.2, -0.15) is 0 Å². The Morgan fingerprint density at radius 3 is 2.39 bits per heavy atom. The first-order valence-corrected chi connectivity index (χ1v) is 11.0. The monoisotopic (exact) mass is 442 g/mol. The Kier molecular flexibility index (Phi) is 5.23. The van der Waals surface area contributed by atoms with Gasteiger partial charge in [-0.1, -0.05) is 59.9 Å². The highest BCUT2D eigenvalue weighted by Gasteiger charge is 2.23. The average molecular weight is 443 g/mol. The molecule has 0 aliphatic carbocycles. The second-order valence-electron chi connectivity index (χ2n) is 6.61. The quantitative estimate of drug-likeness (QED) is 0.188. The Morgan fingerprint density at radius 1 is 0.871 bits per heavy atom. The van der Waals surface area contributed by atoms with E-state index in [1.165, 1.54) is 23.9 Å². The molecule has 8 heteroatoms. The number of nitrogens with zero attached hydrogens (tertiary/aromatic N) is 4. The van der Waals surface area contributed by atoms with Gasteiger partial charge in [-0.25, -0.2) is 15.0 Å². The van der Waals surface area contributed by atoms with Crippen molar-refractivity contribution in [2.45, 2.75) is 19.8 Å². The molecule has 0 bridgehead atoms. The van der Waals surface area contributed by atoms with Crippen LogP contribution in [0.25, 0.3) is 0 Å². The van der Waals surface area contributed by atoms with Gasteiger partial charge >= 0.3 is 0 Å². The summed E-state index contributed by atoms with van der Waals surface area (Å²) in [6.45, 7) is 0. The number of benzene rings is 3. The van der Waals surface area contributed by atoms with Crippen LogP contribution in [0.15, 0.2) is 110 Å². The number of nitro groups is 1. The van der Waals surface area contributed by atoms with Crippen LogP contribution >= 0.6 is 23.5 Å². The minimum absolute atomic E-state index is 0.0460. The molecule has 1 aliphatic heterocycles. The SMILES string of the molecule is O=[N+]([O-])c1ccc(C2=Nc3c(Sc4ccccc4)ncnc3Sc3ccccc32)cc1. The standard InChI is InChI=1S/C23H14N4O2S2/c28-27(29)16-12-10-15(11-13-16)20-18-8-4-5-9-19(18)31-23-21(26-20)22(24-14-25-23)30-17-6-2-1-3-7-17/h1-14H. The summed E-state index contributed by atoms with van der Waals surface area (Å²) in [7, 11) is 0. The Bertz CT molecular complexity index is 1310. The van der Waals surface area contributed by atoms with Crippen LogP contribution < -0.4 is 0 Å². The zero-order valence-electron chi connectivity index (χ0n) is 16.0. The van der Waals surface area contributed by atoms with Gasteiger partial charge in [0.2, 0.25) is 0 Å². The fourth-order valence-corrected chi connectivity index (χ4v) is 5.07. The first-order valence-electron chi connectivity index (χ1n) is 9.38. The second kappa shape index (κ2) is 8.33. The van der Waals surface area contributed by atoms with Gasteiger partial charge in [0.25, 0.3) is 5.69 Å². The molecule has 5 rings (SSSR count). The molecule has 2 heterocycles. The summed E-state index contributed by atoms with van der Waals surface area (Å²) >= 11 is 3.08. The molecule has 0 fully saturated rings. The van der Waals surface area contributed by atoms with Crippen LogP contribution in [0.3, 0.4) is 0 Å². The highest BCUT2D eigenvalue weighted by atomic mass is 32.2. The molecule has 0 N–H and O–H groups in total. The summed E-state index contributed by atoms with van der Waals surface area (Å²) in [5.74, 6) is 0. The van der Waals surface area contributed by atoms with E-state index in [2.05, 4.69) is 9.97 Å². The third-order valence-electron chi connectivity index (χ3n) is 4.64. The number of fused-ring (bicyclic) bond motifs is 2. The maximum Gasteiger partial charge on any atom is 0.269 e. The van der Waals surface area contributed by atoms with Gasteiger partial charge in [0, 0.05) is 33.1 Å². The van der Waals surface area contributed by atoms with Crippen molar-refractivity contribution in [3.8, 4) is 0 Å². The molecule has 1 aliphatic rings.